The van der Waals surface area contributed by atoms with Crippen LogP contribution in [0.15, 0.2) is 24.3 Å². The summed E-state index contributed by atoms with van der Waals surface area (Å²) < 4.78 is 28.1. The van der Waals surface area contributed by atoms with Crippen molar-refractivity contribution in [3.63, 3.8) is 0 Å². The lowest BCUT2D eigenvalue weighted by Crippen LogP contribution is -2.29. The number of nitrogens with one attached hydrogen (secondary N) is 1. The summed E-state index contributed by atoms with van der Waals surface area (Å²) >= 11 is 0. The molecule has 2 unspecified atom stereocenters. The van der Waals surface area contributed by atoms with Crippen molar-refractivity contribution in [3.05, 3.63) is 24.3 Å². The van der Waals surface area contributed by atoms with Gasteiger partial charge in [0.15, 0.2) is 9.84 Å². The molecule has 1 saturated heterocycles. The molecule has 1 fully saturated rings. The third kappa shape index (κ3) is 3.68. The monoisotopic (exact) mass is 285 g/mol. The highest BCUT2D eigenvalue weighted by atomic mass is 32.2. The molecular weight excluding hydrogens is 270 g/mol. The van der Waals surface area contributed by atoms with Gasteiger partial charge in [-0.05, 0) is 24.3 Å². The smallest absolute Gasteiger partial charge is 0.221 e. The molecule has 0 bridgehead atoms. The molecule has 0 saturated carbocycles. The van der Waals surface area contributed by atoms with Crippen LogP contribution in [-0.4, -0.2) is 43.1 Å². The van der Waals surface area contributed by atoms with Gasteiger partial charge in [-0.25, -0.2) is 8.42 Å². The molecule has 1 heterocycles. The molecule has 0 spiro atoms. The number of hydrogen-bond donors (Lipinski definition) is 2. The first-order valence-corrected chi connectivity index (χ1v) is 7.61. The molecule has 7 heteroatoms. The number of amides is 1. The van der Waals surface area contributed by atoms with Gasteiger partial charge in [0.25, 0.3) is 0 Å². The lowest BCUT2D eigenvalue weighted by Gasteiger charge is -2.15. The lowest BCUT2D eigenvalue weighted by atomic mass is 10.2. The van der Waals surface area contributed by atoms with Gasteiger partial charge in [0.05, 0.1) is 11.5 Å². The van der Waals surface area contributed by atoms with Crippen LogP contribution in [0.4, 0.5) is 5.69 Å². The summed E-state index contributed by atoms with van der Waals surface area (Å²) in [5.74, 6) is -0.162. The van der Waals surface area contributed by atoms with Gasteiger partial charge in [-0.3, -0.25) is 4.79 Å². The zero-order valence-electron chi connectivity index (χ0n) is 10.4. The van der Waals surface area contributed by atoms with Gasteiger partial charge in [0, 0.05) is 12.6 Å². The van der Waals surface area contributed by atoms with Crippen molar-refractivity contribution in [2.75, 3.05) is 16.8 Å². The summed E-state index contributed by atoms with van der Waals surface area (Å²) in [6.07, 6.45) is -1.74. The van der Waals surface area contributed by atoms with Crippen molar-refractivity contribution in [1.82, 2.24) is 0 Å². The fraction of sp³-hybridized carbons (Fsp3) is 0.417. The number of anilines is 1. The maximum atomic E-state index is 11.3. The van der Waals surface area contributed by atoms with Crippen molar-refractivity contribution in [2.24, 2.45) is 0 Å². The topological polar surface area (TPSA) is 92.7 Å². The SMILES string of the molecule is CC(=O)Nc1ccc(OC2CS(=O)(=O)CC2O)cc1. The van der Waals surface area contributed by atoms with Crippen LogP contribution >= 0.6 is 0 Å². The number of aliphatic hydroxyl groups excluding tert-OH is 1. The number of ether oxygens (including phenoxy) is 1. The minimum Gasteiger partial charge on any atom is -0.487 e. The Hall–Kier alpha value is -1.60. The Morgan fingerprint density at radius 2 is 1.95 bits per heavy atom. The third-order valence-electron chi connectivity index (χ3n) is 2.73. The predicted molar refractivity (Wildman–Crippen MR) is 69.8 cm³/mol. The quantitative estimate of drug-likeness (QED) is 0.826. The largest absolute Gasteiger partial charge is 0.487 e. The van der Waals surface area contributed by atoms with Crippen LogP contribution < -0.4 is 10.1 Å². The molecule has 1 aliphatic rings. The van der Waals surface area contributed by atoms with E-state index in [9.17, 15) is 18.3 Å². The van der Waals surface area contributed by atoms with E-state index in [1.165, 1.54) is 6.92 Å². The van der Waals surface area contributed by atoms with Gasteiger partial charge in [-0.2, -0.15) is 0 Å². The van der Waals surface area contributed by atoms with Crippen LogP contribution in [0.5, 0.6) is 5.75 Å². The molecule has 1 aliphatic heterocycles. The second-order valence-corrected chi connectivity index (χ2v) is 6.66. The molecule has 2 N–H and O–H groups in total. The number of carbonyl (C=O) groups excluding carboxylic acids is 1. The van der Waals surface area contributed by atoms with E-state index in [-0.39, 0.29) is 17.4 Å². The first-order valence-electron chi connectivity index (χ1n) is 5.78. The molecule has 0 aliphatic carbocycles. The van der Waals surface area contributed by atoms with E-state index in [1.807, 2.05) is 0 Å². The number of rotatable bonds is 3. The molecule has 0 aromatic heterocycles. The minimum absolute atomic E-state index is 0.175. The van der Waals surface area contributed by atoms with E-state index in [0.717, 1.165) is 0 Å². The Kier molecular flexibility index (Phi) is 3.77. The Bertz CT molecular complexity index is 566. The normalized spacial score (nSPS) is 24.9. The number of carbonyl (C=O) groups is 1. The highest BCUT2D eigenvalue weighted by molar-refractivity contribution is 7.91. The van der Waals surface area contributed by atoms with Crippen LogP contribution in [-0.2, 0) is 14.6 Å². The maximum absolute atomic E-state index is 11.3. The number of hydrogen-bond acceptors (Lipinski definition) is 5. The van der Waals surface area contributed by atoms with Gasteiger partial charge in [-0.15, -0.1) is 0 Å². The summed E-state index contributed by atoms with van der Waals surface area (Å²) in [6, 6.07) is 6.52. The molecule has 1 aromatic rings. The molecule has 104 valence electrons. The molecule has 0 radical (unpaired) electrons. The van der Waals surface area contributed by atoms with Gasteiger partial charge >= 0.3 is 0 Å². The van der Waals surface area contributed by atoms with Crippen molar-refractivity contribution in [1.29, 1.82) is 0 Å². The number of benzene rings is 1. The fourth-order valence-electron chi connectivity index (χ4n) is 1.90. The van der Waals surface area contributed by atoms with E-state index in [1.54, 1.807) is 24.3 Å². The Labute approximate surface area is 111 Å². The van der Waals surface area contributed by atoms with E-state index in [4.69, 9.17) is 4.74 Å². The summed E-state index contributed by atoms with van der Waals surface area (Å²) in [7, 11) is -3.22. The number of sulfone groups is 1. The molecular formula is C12H15NO5S. The summed E-state index contributed by atoms with van der Waals surface area (Å²) in [5, 5.41) is 12.2. The average molecular weight is 285 g/mol. The van der Waals surface area contributed by atoms with Gasteiger partial charge < -0.3 is 15.2 Å². The molecule has 2 atom stereocenters. The van der Waals surface area contributed by atoms with Crippen LogP contribution in [0.25, 0.3) is 0 Å². The van der Waals surface area contributed by atoms with Gasteiger partial charge in [0.2, 0.25) is 5.91 Å². The average Bonchev–Trinajstić information content (AvgIpc) is 2.54. The summed E-state index contributed by atoms with van der Waals surface area (Å²) in [5.41, 5.74) is 0.624. The summed E-state index contributed by atoms with van der Waals surface area (Å²) in [4.78, 5) is 10.8. The second kappa shape index (κ2) is 5.18. The van der Waals surface area contributed by atoms with Crippen molar-refractivity contribution in [2.45, 2.75) is 19.1 Å². The molecule has 6 nitrogen and oxygen atoms in total. The highest BCUT2D eigenvalue weighted by Crippen LogP contribution is 2.22. The van der Waals surface area contributed by atoms with Crippen molar-refractivity contribution >= 4 is 21.4 Å². The van der Waals surface area contributed by atoms with Crippen molar-refractivity contribution in [3.8, 4) is 5.75 Å². The minimum atomic E-state index is -3.22. The summed E-state index contributed by atoms with van der Waals surface area (Å²) in [6.45, 7) is 1.41. The predicted octanol–water partition coefficient (Wildman–Crippen LogP) is 0.182. The molecule has 1 aromatic carbocycles. The zero-order valence-corrected chi connectivity index (χ0v) is 11.2. The highest BCUT2D eigenvalue weighted by Gasteiger charge is 2.38. The van der Waals surface area contributed by atoms with Crippen LogP contribution in [0.3, 0.4) is 0 Å². The van der Waals surface area contributed by atoms with Gasteiger partial charge in [0.1, 0.15) is 18.0 Å². The zero-order chi connectivity index (χ0) is 14.0. The van der Waals surface area contributed by atoms with Crippen LogP contribution in [0, 0.1) is 0 Å². The maximum Gasteiger partial charge on any atom is 0.221 e. The molecule has 19 heavy (non-hydrogen) atoms. The van der Waals surface area contributed by atoms with E-state index in [2.05, 4.69) is 5.32 Å². The molecule has 1 amide bonds. The Morgan fingerprint density at radius 3 is 2.42 bits per heavy atom. The van der Waals surface area contributed by atoms with Crippen molar-refractivity contribution < 1.29 is 23.1 Å². The van der Waals surface area contributed by atoms with Crippen LogP contribution in [0.1, 0.15) is 6.92 Å². The first kappa shape index (κ1) is 13.8. The van der Waals surface area contributed by atoms with Crippen LogP contribution in [0.2, 0.25) is 0 Å². The fourth-order valence-corrected chi connectivity index (χ4v) is 3.57. The number of aliphatic hydroxyl groups is 1. The lowest BCUT2D eigenvalue weighted by molar-refractivity contribution is -0.114. The van der Waals surface area contributed by atoms with E-state index < -0.39 is 22.0 Å². The molecule has 2 rings (SSSR count). The Balaban J connectivity index is 2.02. The standard InChI is InChI=1S/C12H15NO5S/c1-8(14)13-9-2-4-10(5-3-9)18-12-7-19(16,17)6-11(12)15/h2-5,11-12,15H,6-7H2,1H3,(H,13,14). The third-order valence-corrected chi connectivity index (χ3v) is 4.42. The van der Waals surface area contributed by atoms with E-state index >= 15 is 0 Å². The Morgan fingerprint density at radius 1 is 1.32 bits per heavy atom. The second-order valence-electron chi connectivity index (χ2n) is 4.51. The first-order chi connectivity index (χ1) is 8.85. The van der Waals surface area contributed by atoms with E-state index in [0.29, 0.717) is 11.4 Å². The van der Waals surface area contributed by atoms with Gasteiger partial charge in [-0.1, -0.05) is 0 Å².